The van der Waals surface area contributed by atoms with Crippen LogP contribution in [0.4, 0.5) is 0 Å². The van der Waals surface area contributed by atoms with Crippen molar-refractivity contribution in [3.05, 3.63) is 82.3 Å². The summed E-state index contributed by atoms with van der Waals surface area (Å²) in [6, 6.07) is 10.4. The highest BCUT2D eigenvalue weighted by atomic mass is 16.2. The number of aromatic nitrogens is 1. The number of hydrogen-bond acceptors (Lipinski definition) is 4. The first kappa shape index (κ1) is 24.0. The number of amides is 2. The lowest BCUT2D eigenvalue weighted by molar-refractivity contribution is 0.0521. The molecule has 1 aromatic carbocycles. The van der Waals surface area contributed by atoms with E-state index in [0.29, 0.717) is 25.7 Å². The van der Waals surface area contributed by atoms with Crippen LogP contribution in [0.15, 0.2) is 60.2 Å². The van der Waals surface area contributed by atoms with Gasteiger partial charge in [0.25, 0.3) is 11.8 Å². The number of piperazine rings is 1. The molecule has 2 fully saturated rings. The smallest absolute Gasteiger partial charge is 0.259 e. The van der Waals surface area contributed by atoms with Crippen LogP contribution in [-0.2, 0) is 6.54 Å². The van der Waals surface area contributed by atoms with Gasteiger partial charge >= 0.3 is 0 Å². The van der Waals surface area contributed by atoms with Gasteiger partial charge in [-0.2, -0.15) is 0 Å². The van der Waals surface area contributed by atoms with Crippen molar-refractivity contribution in [3.8, 4) is 0 Å². The van der Waals surface area contributed by atoms with Crippen LogP contribution in [0.2, 0.25) is 0 Å². The van der Waals surface area contributed by atoms with Crippen molar-refractivity contribution >= 4 is 11.8 Å². The van der Waals surface area contributed by atoms with Gasteiger partial charge in [0.1, 0.15) is 11.1 Å². The topological polar surface area (TPSA) is 74.7 Å². The maximum Gasteiger partial charge on any atom is 0.259 e. The molecule has 7 nitrogen and oxygen atoms in total. The van der Waals surface area contributed by atoms with Gasteiger partial charge in [0, 0.05) is 57.7 Å². The Morgan fingerprint density at radius 1 is 0.971 bits per heavy atom. The van der Waals surface area contributed by atoms with E-state index in [0.717, 1.165) is 18.7 Å². The molecule has 1 aliphatic carbocycles. The average molecular weight is 463 g/mol. The van der Waals surface area contributed by atoms with Gasteiger partial charge in [-0.05, 0) is 18.4 Å². The summed E-state index contributed by atoms with van der Waals surface area (Å²) in [7, 11) is 0. The van der Waals surface area contributed by atoms with Crippen molar-refractivity contribution in [1.29, 1.82) is 0 Å². The van der Waals surface area contributed by atoms with E-state index in [-0.39, 0.29) is 23.6 Å². The molecule has 1 aromatic heterocycles. The van der Waals surface area contributed by atoms with E-state index < -0.39 is 11.3 Å². The fourth-order valence-electron chi connectivity index (χ4n) is 5.00. The first-order chi connectivity index (χ1) is 16.6. The summed E-state index contributed by atoms with van der Waals surface area (Å²) in [4.78, 5) is 43.6. The lowest BCUT2D eigenvalue weighted by Crippen LogP contribution is -2.53. The third-order valence-electron chi connectivity index (χ3n) is 6.86. The number of hydrogen-bond donors (Lipinski definition) is 1. The standard InChI is InChI=1S/C27H34N4O3/c1-2-13-28-26(33)23-19-29(18-21-9-5-3-6-10-21)20-24(25(23)32)27(34)31-16-14-30(15-17-31)22-11-7-4-8-12-22/h2-3,5-6,9-10,19-20,22H,1,4,7-8,11-18H2,(H,28,33). The third kappa shape index (κ3) is 5.65. The van der Waals surface area contributed by atoms with Gasteiger partial charge in [-0.3, -0.25) is 19.3 Å². The van der Waals surface area contributed by atoms with E-state index in [1.54, 1.807) is 21.7 Å². The molecule has 2 aromatic rings. The summed E-state index contributed by atoms with van der Waals surface area (Å²) in [5.74, 6) is -0.794. The van der Waals surface area contributed by atoms with Crippen LogP contribution in [0.5, 0.6) is 0 Å². The van der Waals surface area contributed by atoms with Crippen LogP contribution in [0, 0.1) is 0 Å². The molecular formula is C27H34N4O3. The Morgan fingerprint density at radius 2 is 1.65 bits per heavy atom. The quantitative estimate of drug-likeness (QED) is 0.642. The highest BCUT2D eigenvalue weighted by Crippen LogP contribution is 2.23. The first-order valence-corrected chi connectivity index (χ1v) is 12.3. The molecule has 180 valence electrons. The van der Waals surface area contributed by atoms with Crippen molar-refractivity contribution in [3.63, 3.8) is 0 Å². The Labute approximate surface area is 201 Å². The lowest BCUT2D eigenvalue weighted by Gasteiger charge is -2.40. The maximum atomic E-state index is 13.4. The zero-order chi connectivity index (χ0) is 23.9. The molecule has 0 bridgehead atoms. The summed E-state index contributed by atoms with van der Waals surface area (Å²) in [5.41, 5.74) is 0.520. The van der Waals surface area contributed by atoms with E-state index in [1.807, 2.05) is 30.3 Å². The molecule has 1 N–H and O–H groups in total. The predicted molar refractivity (Wildman–Crippen MR) is 133 cm³/mol. The average Bonchev–Trinajstić information content (AvgIpc) is 2.89. The minimum absolute atomic E-state index is 0.0236. The van der Waals surface area contributed by atoms with Gasteiger partial charge in [0.05, 0.1) is 0 Å². The normalized spacial score (nSPS) is 17.4. The fourth-order valence-corrected chi connectivity index (χ4v) is 5.00. The van der Waals surface area contributed by atoms with E-state index >= 15 is 0 Å². The monoisotopic (exact) mass is 462 g/mol. The van der Waals surface area contributed by atoms with E-state index in [9.17, 15) is 14.4 Å². The molecule has 0 spiro atoms. The maximum absolute atomic E-state index is 13.4. The molecule has 0 atom stereocenters. The van der Waals surface area contributed by atoms with Crippen molar-refractivity contribution in [1.82, 2.24) is 19.7 Å². The number of nitrogens with one attached hydrogen (secondary N) is 1. The van der Waals surface area contributed by atoms with Crippen molar-refractivity contribution < 1.29 is 9.59 Å². The van der Waals surface area contributed by atoms with Crippen LogP contribution >= 0.6 is 0 Å². The number of pyridine rings is 1. The molecular weight excluding hydrogens is 428 g/mol. The second-order valence-electron chi connectivity index (χ2n) is 9.19. The van der Waals surface area contributed by atoms with Crippen LogP contribution in [-0.4, -0.2) is 64.9 Å². The second-order valence-corrected chi connectivity index (χ2v) is 9.19. The Morgan fingerprint density at radius 3 is 2.32 bits per heavy atom. The van der Waals surface area contributed by atoms with Crippen LogP contribution in [0.3, 0.4) is 0 Å². The fraction of sp³-hybridized carbons (Fsp3) is 0.444. The largest absolute Gasteiger partial charge is 0.348 e. The summed E-state index contributed by atoms with van der Waals surface area (Å²) < 4.78 is 1.76. The van der Waals surface area contributed by atoms with Gasteiger partial charge in [0.15, 0.2) is 0 Å². The first-order valence-electron chi connectivity index (χ1n) is 12.3. The van der Waals surface area contributed by atoms with Crippen molar-refractivity contribution in [2.24, 2.45) is 0 Å². The van der Waals surface area contributed by atoms with Gasteiger partial charge in [-0.15, -0.1) is 6.58 Å². The second kappa shape index (κ2) is 11.3. The van der Waals surface area contributed by atoms with E-state index in [4.69, 9.17) is 0 Å². The Kier molecular flexibility index (Phi) is 7.95. The molecule has 1 aliphatic heterocycles. The van der Waals surface area contributed by atoms with Crippen molar-refractivity contribution in [2.75, 3.05) is 32.7 Å². The van der Waals surface area contributed by atoms with Crippen LogP contribution in [0.1, 0.15) is 58.4 Å². The number of carbonyl (C=O) groups excluding carboxylic acids is 2. The predicted octanol–water partition coefficient (Wildman–Crippen LogP) is 2.90. The Bertz CT molecular complexity index is 1070. The molecule has 1 saturated carbocycles. The third-order valence-corrected chi connectivity index (χ3v) is 6.86. The van der Waals surface area contributed by atoms with Crippen molar-refractivity contribution in [2.45, 2.75) is 44.7 Å². The highest BCUT2D eigenvalue weighted by Gasteiger charge is 2.29. The number of nitrogens with zero attached hydrogens (tertiary/aromatic N) is 3. The van der Waals surface area contributed by atoms with Gasteiger partial charge in [-0.25, -0.2) is 0 Å². The minimum Gasteiger partial charge on any atom is -0.348 e. The molecule has 7 heteroatoms. The van der Waals surface area contributed by atoms with Gasteiger partial charge < -0.3 is 14.8 Å². The Hall–Kier alpha value is -3.19. The zero-order valence-corrected chi connectivity index (χ0v) is 19.7. The van der Waals surface area contributed by atoms with Crippen LogP contribution in [0.25, 0.3) is 0 Å². The number of carbonyl (C=O) groups is 2. The van der Waals surface area contributed by atoms with Gasteiger partial charge in [0.2, 0.25) is 5.43 Å². The lowest BCUT2D eigenvalue weighted by atomic mass is 9.94. The Balaban J connectivity index is 1.56. The molecule has 1 saturated heterocycles. The molecule has 34 heavy (non-hydrogen) atoms. The summed E-state index contributed by atoms with van der Waals surface area (Å²) >= 11 is 0. The number of rotatable bonds is 7. The SMILES string of the molecule is C=CCNC(=O)c1cn(Cc2ccccc2)cc(C(=O)N2CCN(C3CCCCC3)CC2)c1=O. The van der Waals surface area contributed by atoms with Gasteiger partial charge in [-0.1, -0.05) is 55.7 Å². The molecule has 2 heterocycles. The van der Waals surface area contributed by atoms with Crippen LogP contribution < -0.4 is 10.7 Å². The molecule has 2 amide bonds. The van der Waals surface area contributed by atoms with E-state index in [1.165, 1.54) is 38.3 Å². The molecule has 2 aliphatic rings. The number of benzene rings is 1. The minimum atomic E-state index is -0.523. The zero-order valence-electron chi connectivity index (χ0n) is 19.7. The molecule has 0 radical (unpaired) electrons. The summed E-state index contributed by atoms with van der Waals surface area (Å²) in [6.45, 7) is 7.16. The molecule has 4 rings (SSSR count). The summed E-state index contributed by atoms with van der Waals surface area (Å²) in [5, 5.41) is 2.67. The van der Waals surface area contributed by atoms with E-state index in [2.05, 4.69) is 16.8 Å². The summed E-state index contributed by atoms with van der Waals surface area (Å²) in [6.07, 6.45) is 11.0. The molecule has 0 unspecified atom stereocenters. The highest BCUT2D eigenvalue weighted by molar-refractivity contribution is 5.99.